The largest absolute Gasteiger partial charge is 0.306 e. The molecule has 0 aliphatic heterocycles. The molecule has 0 atom stereocenters. The first-order valence-corrected chi connectivity index (χ1v) is 3.71. The third-order valence-electron chi connectivity index (χ3n) is 1.60. The number of aromatic nitrogens is 2. The lowest BCUT2D eigenvalue weighted by Gasteiger charge is -1.95. The molecule has 0 saturated carbocycles. The molecule has 2 heterocycles. The van der Waals surface area contributed by atoms with E-state index in [1.165, 1.54) is 0 Å². The van der Waals surface area contributed by atoms with Gasteiger partial charge in [-0.1, -0.05) is 11.6 Å². The first-order valence-electron chi connectivity index (χ1n) is 3.33. The van der Waals surface area contributed by atoms with Crippen LogP contribution in [-0.4, -0.2) is 9.38 Å². The van der Waals surface area contributed by atoms with Gasteiger partial charge < -0.3 is 4.40 Å². The van der Waals surface area contributed by atoms with Crippen LogP contribution in [0.5, 0.6) is 0 Å². The van der Waals surface area contributed by atoms with Crippen LogP contribution >= 0.6 is 11.6 Å². The van der Waals surface area contributed by atoms with Crippen LogP contribution in [0.15, 0.2) is 24.7 Å². The number of hydrogen-bond acceptors (Lipinski definition) is 2. The Morgan fingerprint density at radius 1 is 1.58 bits per heavy atom. The van der Waals surface area contributed by atoms with Crippen molar-refractivity contribution in [3.05, 3.63) is 35.2 Å². The summed E-state index contributed by atoms with van der Waals surface area (Å²) in [4.78, 5) is 4.02. The highest BCUT2D eigenvalue weighted by atomic mass is 35.5. The second-order valence-electron chi connectivity index (χ2n) is 2.34. The molecule has 0 spiro atoms. The number of rotatable bonds is 0. The fourth-order valence-corrected chi connectivity index (χ4v) is 1.22. The van der Waals surface area contributed by atoms with Gasteiger partial charge in [0.25, 0.3) is 0 Å². The summed E-state index contributed by atoms with van der Waals surface area (Å²) >= 11 is 5.79. The average Bonchev–Trinajstić information content (AvgIpc) is 2.49. The van der Waals surface area contributed by atoms with E-state index in [4.69, 9.17) is 16.9 Å². The number of nitriles is 1. The third kappa shape index (κ3) is 0.936. The molecule has 0 saturated heterocycles. The van der Waals surface area contributed by atoms with Crippen molar-refractivity contribution in [2.24, 2.45) is 0 Å². The van der Waals surface area contributed by atoms with Crippen molar-refractivity contribution in [1.82, 2.24) is 9.38 Å². The van der Waals surface area contributed by atoms with Gasteiger partial charge in [-0.05, 0) is 0 Å². The van der Waals surface area contributed by atoms with Crippen molar-refractivity contribution in [3.63, 3.8) is 0 Å². The molecule has 2 aromatic heterocycles. The fourth-order valence-electron chi connectivity index (χ4n) is 1.02. The van der Waals surface area contributed by atoms with Gasteiger partial charge >= 0.3 is 0 Å². The molecule has 3 nitrogen and oxygen atoms in total. The number of pyridine rings is 1. The van der Waals surface area contributed by atoms with Crippen LogP contribution < -0.4 is 0 Å². The lowest BCUT2D eigenvalue weighted by Crippen LogP contribution is -1.85. The van der Waals surface area contributed by atoms with Gasteiger partial charge in [0.1, 0.15) is 11.7 Å². The fraction of sp³-hybridized carbons (Fsp3) is 0. The zero-order valence-electron chi connectivity index (χ0n) is 6.03. The second kappa shape index (κ2) is 2.50. The number of halogens is 1. The Morgan fingerprint density at radius 2 is 2.42 bits per heavy atom. The highest BCUT2D eigenvalue weighted by Crippen LogP contribution is 2.16. The molecular formula is C8H4ClN3. The lowest BCUT2D eigenvalue weighted by atomic mass is 10.3. The maximum atomic E-state index is 8.64. The van der Waals surface area contributed by atoms with Gasteiger partial charge in [0.2, 0.25) is 0 Å². The van der Waals surface area contributed by atoms with E-state index in [0.717, 1.165) is 5.65 Å². The SMILES string of the molecule is N#Cc1cc2nccn2cc1Cl. The summed E-state index contributed by atoms with van der Waals surface area (Å²) in [6, 6.07) is 3.65. The summed E-state index contributed by atoms with van der Waals surface area (Å²) in [7, 11) is 0. The molecular weight excluding hydrogens is 174 g/mol. The van der Waals surface area contributed by atoms with Crippen molar-refractivity contribution in [2.75, 3.05) is 0 Å². The minimum Gasteiger partial charge on any atom is -0.306 e. The molecule has 0 aliphatic carbocycles. The predicted octanol–water partition coefficient (Wildman–Crippen LogP) is 1.86. The molecule has 2 rings (SSSR count). The Morgan fingerprint density at radius 3 is 3.17 bits per heavy atom. The van der Waals surface area contributed by atoms with E-state index in [1.54, 1.807) is 29.1 Å². The number of nitrogens with zero attached hydrogens (tertiary/aromatic N) is 3. The van der Waals surface area contributed by atoms with Crippen LogP contribution in [0.1, 0.15) is 5.56 Å². The summed E-state index contributed by atoms with van der Waals surface area (Å²) in [6.45, 7) is 0. The van der Waals surface area contributed by atoms with Gasteiger partial charge in [0.15, 0.2) is 0 Å². The molecule has 0 radical (unpaired) electrons. The van der Waals surface area contributed by atoms with Gasteiger partial charge in [-0.2, -0.15) is 5.26 Å². The van der Waals surface area contributed by atoms with Crippen molar-refractivity contribution in [3.8, 4) is 6.07 Å². The summed E-state index contributed by atoms with van der Waals surface area (Å²) < 4.78 is 1.77. The van der Waals surface area contributed by atoms with E-state index < -0.39 is 0 Å². The maximum absolute atomic E-state index is 8.64. The molecule has 0 unspecified atom stereocenters. The van der Waals surface area contributed by atoms with Crippen molar-refractivity contribution in [1.29, 1.82) is 5.26 Å². The molecule has 0 aliphatic rings. The van der Waals surface area contributed by atoms with Gasteiger partial charge in [0, 0.05) is 24.7 Å². The van der Waals surface area contributed by atoms with Crippen LogP contribution in [0, 0.1) is 11.3 Å². The lowest BCUT2D eigenvalue weighted by molar-refractivity contribution is 1.18. The smallest absolute Gasteiger partial charge is 0.138 e. The molecule has 2 aromatic rings. The molecule has 0 fully saturated rings. The van der Waals surface area contributed by atoms with E-state index in [1.807, 2.05) is 6.07 Å². The van der Waals surface area contributed by atoms with Crippen LogP contribution in [0.3, 0.4) is 0 Å². The van der Waals surface area contributed by atoms with Crippen molar-refractivity contribution in [2.45, 2.75) is 0 Å². The van der Waals surface area contributed by atoms with E-state index in [2.05, 4.69) is 4.98 Å². The van der Waals surface area contributed by atoms with E-state index in [-0.39, 0.29) is 0 Å². The molecule has 0 bridgehead atoms. The van der Waals surface area contributed by atoms with Crippen LogP contribution in [0.25, 0.3) is 5.65 Å². The standard InChI is InChI=1S/C8H4ClN3/c9-7-5-12-2-1-11-8(12)3-6(7)4-10/h1-3,5H. The maximum Gasteiger partial charge on any atom is 0.138 e. The highest BCUT2D eigenvalue weighted by Gasteiger charge is 2.01. The minimum atomic E-state index is 0.447. The van der Waals surface area contributed by atoms with Crippen LogP contribution in [0.4, 0.5) is 0 Å². The van der Waals surface area contributed by atoms with Gasteiger partial charge in [-0.15, -0.1) is 0 Å². The molecule has 0 aromatic carbocycles. The van der Waals surface area contributed by atoms with Crippen molar-refractivity contribution >= 4 is 17.2 Å². The Labute approximate surface area is 73.8 Å². The van der Waals surface area contributed by atoms with Crippen LogP contribution in [-0.2, 0) is 0 Å². The van der Waals surface area contributed by atoms with Gasteiger partial charge in [0.05, 0.1) is 10.6 Å². The van der Waals surface area contributed by atoms with E-state index >= 15 is 0 Å². The number of imidazole rings is 1. The first kappa shape index (κ1) is 7.14. The Balaban J connectivity index is 2.84. The molecule has 12 heavy (non-hydrogen) atoms. The van der Waals surface area contributed by atoms with Gasteiger partial charge in [-0.25, -0.2) is 4.98 Å². The average molecular weight is 178 g/mol. The zero-order chi connectivity index (χ0) is 8.55. The number of fused-ring (bicyclic) bond motifs is 1. The molecule has 0 amide bonds. The summed E-state index contributed by atoms with van der Waals surface area (Å²) in [6.07, 6.45) is 5.11. The summed E-state index contributed by atoms with van der Waals surface area (Å²) in [5.74, 6) is 0. The van der Waals surface area contributed by atoms with E-state index in [0.29, 0.717) is 10.6 Å². The minimum absolute atomic E-state index is 0.447. The zero-order valence-corrected chi connectivity index (χ0v) is 6.78. The van der Waals surface area contributed by atoms with Gasteiger partial charge in [-0.3, -0.25) is 0 Å². The quantitative estimate of drug-likeness (QED) is 0.616. The molecule has 4 heteroatoms. The number of hydrogen-bond donors (Lipinski definition) is 0. The predicted molar refractivity (Wildman–Crippen MR) is 44.9 cm³/mol. The van der Waals surface area contributed by atoms with Crippen molar-refractivity contribution < 1.29 is 0 Å². The first-order chi connectivity index (χ1) is 5.81. The highest BCUT2D eigenvalue weighted by molar-refractivity contribution is 6.31. The monoisotopic (exact) mass is 177 g/mol. The Bertz CT molecular complexity index is 467. The normalized spacial score (nSPS) is 10.0. The van der Waals surface area contributed by atoms with E-state index in [9.17, 15) is 0 Å². The van der Waals surface area contributed by atoms with Crippen LogP contribution in [0.2, 0.25) is 5.02 Å². The summed E-state index contributed by atoms with van der Waals surface area (Å²) in [5.41, 5.74) is 1.19. The third-order valence-corrected chi connectivity index (χ3v) is 1.90. The molecule has 0 N–H and O–H groups in total. The molecule has 58 valence electrons. The topological polar surface area (TPSA) is 41.1 Å². The Hall–Kier alpha value is -1.53. The Kier molecular flexibility index (Phi) is 1.49. The second-order valence-corrected chi connectivity index (χ2v) is 2.75. The summed E-state index contributed by atoms with van der Waals surface area (Å²) in [5, 5.41) is 9.09.